The van der Waals surface area contributed by atoms with Crippen molar-refractivity contribution in [2.45, 2.75) is 25.9 Å². The highest BCUT2D eigenvalue weighted by Crippen LogP contribution is 2.17. The average molecular weight is 343 g/mol. The van der Waals surface area contributed by atoms with E-state index in [1.165, 1.54) is 0 Å². The van der Waals surface area contributed by atoms with Gasteiger partial charge < -0.3 is 15.6 Å². The zero-order chi connectivity index (χ0) is 17.6. The molecule has 132 valence electrons. The standard InChI is InChI=1S/C17H21N5O3/c18-17(24)13-6-7-22(10-13)11-16-20-14(21-25-16)8-15(23)19-9-12-4-2-1-3-5-12/h1-5,13H,6-11H2,(H2,18,24)(H,19,23). The van der Waals surface area contributed by atoms with Crippen molar-refractivity contribution in [2.24, 2.45) is 11.7 Å². The number of carbonyl (C=O) groups is 2. The van der Waals surface area contributed by atoms with Crippen LogP contribution in [0.25, 0.3) is 0 Å². The minimum atomic E-state index is -0.274. The van der Waals surface area contributed by atoms with Gasteiger partial charge in [0.25, 0.3) is 0 Å². The number of nitrogens with zero attached hydrogens (tertiary/aromatic N) is 3. The van der Waals surface area contributed by atoms with Gasteiger partial charge in [0.1, 0.15) is 0 Å². The fraction of sp³-hybridized carbons (Fsp3) is 0.412. The highest BCUT2D eigenvalue weighted by Gasteiger charge is 2.27. The van der Waals surface area contributed by atoms with Gasteiger partial charge in [-0.1, -0.05) is 35.5 Å². The third kappa shape index (κ3) is 4.87. The molecule has 3 N–H and O–H groups in total. The first kappa shape index (κ1) is 17.1. The number of aromatic nitrogens is 2. The van der Waals surface area contributed by atoms with E-state index in [0.717, 1.165) is 18.5 Å². The van der Waals surface area contributed by atoms with Gasteiger partial charge in [0, 0.05) is 13.1 Å². The first-order valence-electron chi connectivity index (χ1n) is 8.24. The van der Waals surface area contributed by atoms with Crippen LogP contribution in [0.15, 0.2) is 34.9 Å². The predicted octanol–water partition coefficient (Wildman–Crippen LogP) is 0.236. The third-order valence-electron chi connectivity index (χ3n) is 4.19. The van der Waals surface area contributed by atoms with E-state index < -0.39 is 0 Å². The number of rotatable bonds is 7. The van der Waals surface area contributed by atoms with E-state index in [2.05, 4.69) is 15.5 Å². The summed E-state index contributed by atoms with van der Waals surface area (Å²) >= 11 is 0. The maximum atomic E-state index is 12.0. The molecule has 0 aliphatic carbocycles. The van der Waals surface area contributed by atoms with Gasteiger partial charge in [-0.05, 0) is 18.5 Å². The van der Waals surface area contributed by atoms with Gasteiger partial charge in [-0.25, -0.2) is 0 Å². The second-order valence-corrected chi connectivity index (χ2v) is 6.17. The van der Waals surface area contributed by atoms with E-state index in [-0.39, 0.29) is 24.2 Å². The van der Waals surface area contributed by atoms with Crippen LogP contribution in [0.2, 0.25) is 0 Å². The number of hydrogen-bond acceptors (Lipinski definition) is 6. The smallest absolute Gasteiger partial charge is 0.240 e. The number of benzene rings is 1. The fourth-order valence-corrected chi connectivity index (χ4v) is 2.83. The van der Waals surface area contributed by atoms with Crippen molar-refractivity contribution < 1.29 is 14.1 Å². The van der Waals surface area contributed by atoms with Crippen LogP contribution in [0, 0.1) is 5.92 Å². The number of nitrogens with one attached hydrogen (secondary N) is 1. The summed E-state index contributed by atoms with van der Waals surface area (Å²) in [6.45, 7) is 2.29. The molecule has 25 heavy (non-hydrogen) atoms. The minimum absolute atomic E-state index is 0.0697. The largest absolute Gasteiger partial charge is 0.369 e. The number of carbonyl (C=O) groups excluding carboxylic acids is 2. The summed E-state index contributed by atoms with van der Waals surface area (Å²) in [6.07, 6.45) is 0.818. The summed E-state index contributed by atoms with van der Waals surface area (Å²) in [4.78, 5) is 29.4. The summed E-state index contributed by atoms with van der Waals surface area (Å²) in [5.41, 5.74) is 6.35. The van der Waals surface area contributed by atoms with Crippen LogP contribution in [-0.4, -0.2) is 39.9 Å². The van der Waals surface area contributed by atoms with E-state index in [4.69, 9.17) is 10.3 Å². The highest BCUT2D eigenvalue weighted by atomic mass is 16.5. The van der Waals surface area contributed by atoms with Crippen LogP contribution in [0.5, 0.6) is 0 Å². The van der Waals surface area contributed by atoms with E-state index in [1.807, 2.05) is 35.2 Å². The molecular weight excluding hydrogens is 322 g/mol. The Morgan fingerprint density at radius 1 is 1.32 bits per heavy atom. The molecule has 1 atom stereocenters. The molecule has 0 spiro atoms. The lowest BCUT2D eigenvalue weighted by Gasteiger charge is -2.11. The highest BCUT2D eigenvalue weighted by molar-refractivity contribution is 5.77. The van der Waals surface area contributed by atoms with Crippen molar-refractivity contribution in [1.29, 1.82) is 0 Å². The number of amides is 2. The third-order valence-corrected chi connectivity index (χ3v) is 4.19. The Bertz CT molecular complexity index is 731. The number of primary amides is 1. The van der Waals surface area contributed by atoms with Crippen molar-refractivity contribution in [2.75, 3.05) is 13.1 Å². The Hall–Kier alpha value is -2.74. The second-order valence-electron chi connectivity index (χ2n) is 6.17. The number of likely N-dealkylation sites (tertiary alicyclic amines) is 1. The Morgan fingerprint density at radius 2 is 2.12 bits per heavy atom. The number of nitrogens with two attached hydrogens (primary N) is 1. The molecule has 3 rings (SSSR count). The summed E-state index contributed by atoms with van der Waals surface area (Å²) < 4.78 is 5.19. The normalized spacial score (nSPS) is 17.5. The average Bonchev–Trinajstić information content (AvgIpc) is 3.24. The van der Waals surface area contributed by atoms with Gasteiger partial charge in [-0.2, -0.15) is 4.98 Å². The van der Waals surface area contributed by atoms with Crippen molar-refractivity contribution in [3.05, 3.63) is 47.6 Å². The molecule has 1 aromatic heterocycles. The molecule has 2 amide bonds. The van der Waals surface area contributed by atoms with E-state index in [0.29, 0.717) is 31.3 Å². The van der Waals surface area contributed by atoms with Gasteiger partial charge in [0.15, 0.2) is 5.82 Å². The Labute approximate surface area is 145 Å². The van der Waals surface area contributed by atoms with Crippen molar-refractivity contribution in [1.82, 2.24) is 20.4 Å². The predicted molar refractivity (Wildman–Crippen MR) is 88.9 cm³/mol. The molecular formula is C17H21N5O3. The monoisotopic (exact) mass is 343 g/mol. The van der Waals surface area contributed by atoms with E-state index in [9.17, 15) is 9.59 Å². The molecule has 0 saturated carbocycles. The molecule has 1 saturated heterocycles. The molecule has 8 nitrogen and oxygen atoms in total. The zero-order valence-corrected chi connectivity index (χ0v) is 13.9. The number of hydrogen-bond donors (Lipinski definition) is 2. The SMILES string of the molecule is NC(=O)C1CCN(Cc2nc(CC(=O)NCc3ccccc3)no2)C1. The molecule has 2 heterocycles. The maximum Gasteiger partial charge on any atom is 0.240 e. The minimum Gasteiger partial charge on any atom is -0.369 e. The van der Waals surface area contributed by atoms with Gasteiger partial charge in [-0.3, -0.25) is 14.5 Å². The van der Waals surface area contributed by atoms with Crippen LogP contribution in [0.3, 0.4) is 0 Å². The molecule has 2 aromatic rings. The zero-order valence-electron chi connectivity index (χ0n) is 13.9. The molecule has 1 aromatic carbocycles. The molecule has 0 bridgehead atoms. The second kappa shape index (κ2) is 7.89. The van der Waals surface area contributed by atoms with Crippen LogP contribution in [-0.2, 0) is 29.1 Å². The van der Waals surface area contributed by atoms with Crippen LogP contribution >= 0.6 is 0 Å². The molecule has 0 radical (unpaired) electrons. The lowest BCUT2D eigenvalue weighted by atomic mass is 10.1. The van der Waals surface area contributed by atoms with Gasteiger partial charge >= 0.3 is 0 Å². The maximum absolute atomic E-state index is 12.0. The van der Waals surface area contributed by atoms with Gasteiger partial charge in [-0.15, -0.1) is 0 Å². The Balaban J connectivity index is 1.45. The van der Waals surface area contributed by atoms with Gasteiger partial charge in [0.05, 0.1) is 18.9 Å². The molecule has 8 heteroatoms. The lowest BCUT2D eigenvalue weighted by molar-refractivity contribution is -0.122. The van der Waals surface area contributed by atoms with Gasteiger partial charge in [0.2, 0.25) is 17.7 Å². The van der Waals surface area contributed by atoms with Crippen molar-refractivity contribution in [3.63, 3.8) is 0 Å². The van der Waals surface area contributed by atoms with Crippen LogP contribution < -0.4 is 11.1 Å². The summed E-state index contributed by atoms with van der Waals surface area (Å²) in [6, 6.07) is 9.67. The molecule has 1 aliphatic rings. The first-order chi connectivity index (χ1) is 12.1. The van der Waals surface area contributed by atoms with E-state index >= 15 is 0 Å². The quantitative estimate of drug-likeness (QED) is 0.744. The summed E-state index contributed by atoms with van der Waals surface area (Å²) in [5.74, 6) is 0.239. The summed E-state index contributed by atoms with van der Waals surface area (Å²) in [5, 5.41) is 6.67. The van der Waals surface area contributed by atoms with E-state index in [1.54, 1.807) is 0 Å². The molecule has 1 fully saturated rings. The molecule has 1 unspecified atom stereocenters. The van der Waals surface area contributed by atoms with Crippen molar-refractivity contribution in [3.8, 4) is 0 Å². The topological polar surface area (TPSA) is 114 Å². The Kier molecular flexibility index (Phi) is 5.39. The summed E-state index contributed by atoms with van der Waals surface area (Å²) in [7, 11) is 0. The fourth-order valence-electron chi connectivity index (χ4n) is 2.83. The molecule has 1 aliphatic heterocycles. The van der Waals surface area contributed by atoms with Crippen LogP contribution in [0.4, 0.5) is 0 Å². The van der Waals surface area contributed by atoms with Crippen LogP contribution in [0.1, 0.15) is 23.7 Å². The first-order valence-corrected chi connectivity index (χ1v) is 8.24. The van der Waals surface area contributed by atoms with Crippen molar-refractivity contribution >= 4 is 11.8 Å². The Morgan fingerprint density at radius 3 is 2.84 bits per heavy atom. The lowest BCUT2D eigenvalue weighted by Crippen LogP contribution is -2.27.